The minimum absolute atomic E-state index is 0.612. The molecule has 3 nitrogen and oxygen atoms in total. The third kappa shape index (κ3) is 2.82. The van der Waals surface area contributed by atoms with E-state index in [1.165, 1.54) is 18.5 Å². The second kappa shape index (κ2) is 5.11. The smallest absolute Gasteiger partial charge is 0.0991 e. The van der Waals surface area contributed by atoms with Crippen LogP contribution in [0.1, 0.15) is 17.5 Å². The molecule has 1 heterocycles. The first-order valence-electron chi connectivity index (χ1n) is 5.69. The van der Waals surface area contributed by atoms with Crippen LogP contribution in [0.4, 0.5) is 0 Å². The second-order valence-corrected chi connectivity index (χ2v) is 4.44. The Hall–Kier alpha value is -1.37. The molecule has 84 valence electrons. The fourth-order valence-electron chi connectivity index (χ4n) is 2.06. The highest BCUT2D eigenvalue weighted by Gasteiger charge is 2.18. The van der Waals surface area contributed by atoms with E-state index in [-0.39, 0.29) is 0 Å². The molecule has 0 bridgehead atoms. The van der Waals surface area contributed by atoms with Crippen molar-refractivity contribution >= 4 is 0 Å². The van der Waals surface area contributed by atoms with Gasteiger partial charge in [0.25, 0.3) is 0 Å². The fourth-order valence-corrected chi connectivity index (χ4v) is 2.06. The summed E-state index contributed by atoms with van der Waals surface area (Å²) in [5.74, 6) is 0. The van der Waals surface area contributed by atoms with Gasteiger partial charge in [-0.1, -0.05) is 12.1 Å². The number of hydrogen-bond donors (Lipinski definition) is 1. The number of nitriles is 1. The highest BCUT2D eigenvalue weighted by atomic mass is 15.2. The van der Waals surface area contributed by atoms with E-state index in [1.807, 2.05) is 24.3 Å². The van der Waals surface area contributed by atoms with Crippen LogP contribution in [-0.2, 0) is 6.54 Å². The molecule has 1 aliphatic heterocycles. The van der Waals surface area contributed by atoms with Gasteiger partial charge in [0.2, 0.25) is 0 Å². The molecule has 0 aliphatic carbocycles. The summed E-state index contributed by atoms with van der Waals surface area (Å²) in [7, 11) is 2.16. The van der Waals surface area contributed by atoms with Gasteiger partial charge in [-0.3, -0.25) is 0 Å². The largest absolute Gasteiger partial charge is 0.309 e. The molecule has 0 spiro atoms. The van der Waals surface area contributed by atoms with Crippen LogP contribution < -0.4 is 5.32 Å². The zero-order valence-electron chi connectivity index (χ0n) is 9.61. The van der Waals surface area contributed by atoms with Crippen LogP contribution in [0.3, 0.4) is 0 Å². The van der Waals surface area contributed by atoms with E-state index in [1.54, 1.807) is 0 Å². The second-order valence-electron chi connectivity index (χ2n) is 4.44. The number of likely N-dealkylation sites (tertiary alicyclic amines) is 1. The molecule has 1 saturated heterocycles. The van der Waals surface area contributed by atoms with Crippen LogP contribution in [0.15, 0.2) is 24.3 Å². The van der Waals surface area contributed by atoms with E-state index in [0.717, 1.165) is 18.7 Å². The predicted molar refractivity (Wildman–Crippen MR) is 63.9 cm³/mol. The van der Waals surface area contributed by atoms with Gasteiger partial charge < -0.3 is 10.2 Å². The molecule has 16 heavy (non-hydrogen) atoms. The molecule has 1 aromatic carbocycles. The van der Waals surface area contributed by atoms with Gasteiger partial charge in [0, 0.05) is 19.1 Å². The first kappa shape index (κ1) is 11.1. The minimum atomic E-state index is 0.612. The average molecular weight is 215 g/mol. The summed E-state index contributed by atoms with van der Waals surface area (Å²) in [6.45, 7) is 3.21. The minimum Gasteiger partial charge on any atom is -0.309 e. The summed E-state index contributed by atoms with van der Waals surface area (Å²) in [6, 6.07) is 10.5. The van der Waals surface area contributed by atoms with E-state index < -0.39 is 0 Å². The van der Waals surface area contributed by atoms with Gasteiger partial charge in [0.05, 0.1) is 11.6 Å². The van der Waals surface area contributed by atoms with Crippen molar-refractivity contribution in [2.24, 2.45) is 0 Å². The van der Waals surface area contributed by atoms with E-state index in [0.29, 0.717) is 6.04 Å². The molecule has 1 aromatic rings. The van der Waals surface area contributed by atoms with Gasteiger partial charge >= 0.3 is 0 Å². The fraction of sp³-hybridized carbons (Fsp3) is 0.462. The number of benzene rings is 1. The highest BCUT2D eigenvalue weighted by molar-refractivity contribution is 5.31. The molecule has 1 unspecified atom stereocenters. The van der Waals surface area contributed by atoms with Crippen LogP contribution in [0.2, 0.25) is 0 Å². The maximum atomic E-state index is 8.69. The molecular weight excluding hydrogens is 198 g/mol. The molecule has 0 saturated carbocycles. The van der Waals surface area contributed by atoms with E-state index in [9.17, 15) is 0 Å². The topological polar surface area (TPSA) is 39.1 Å². The molecule has 2 rings (SSSR count). The van der Waals surface area contributed by atoms with Crippen LogP contribution in [0.25, 0.3) is 0 Å². The average Bonchev–Trinajstić information content (AvgIpc) is 2.73. The molecule has 1 atom stereocenters. The summed E-state index contributed by atoms with van der Waals surface area (Å²) < 4.78 is 0. The van der Waals surface area contributed by atoms with Crippen molar-refractivity contribution in [2.45, 2.75) is 19.0 Å². The predicted octanol–water partition coefficient (Wildman–Crippen LogP) is 1.35. The maximum Gasteiger partial charge on any atom is 0.0991 e. The van der Waals surface area contributed by atoms with Crippen molar-refractivity contribution in [3.63, 3.8) is 0 Å². The lowest BCUT2D eigenvalue weighted by molar-refractivity contribution is 0.397. The Morgan fingerprint density at radius 2 is 2.19 bits per heavy atom. The Morgan fingerprint density at radius 1 is 1.44 bits per heavy atom. The summed E-state index contributed by atoms with van der Waals surface area (Å²) in [4.78, 5) is 2.34. The van der Waals surface area contributed by atoms with Crippen LogP contribution in [0, 0.1) is 11.3 Å². The van der Waals surface area contributed by atoms with E-state index in [4.69, 9.17) is 5.26 Å². The first-order chi connectivity index (χ1) is 7.78. The Labute approximate surface area is 96.7 Å². The monoisotopic (exact) mass is 215 g/mol. The number of nitrogens with one attached hydrogen (secondary N) is 1. The molecule has 0 amide bonds. The molecule has 1 fully saturated rings. The molecule has 1 aliphatic rings. The Kier molecular flexibility index (Phi) is 3.55. The summed E-state index contributed by atoms with van der Waals surface area (Å²) in [6.07, 6.45) is 1.23. The van der Waals surface area contributed by atoms with Gasteiger partial charge in [-0.05, 0) is 37.7 Å². The lowest BCUT2D eigenvalue weighted by Crippen LogP contribution is -2.30. The van der Waals surface area contributed by atoms with Gasteiger partial charge in [-0.25, -0.2) is 0 Å². The Balaban J connectivity index is 1.83. The van der Waals surface area contributed by atoms with E-state index >= 15 is 0 Å². The van der Waals surface area contributed by atoms with Gasteiger partial charge in [0.15, 0.2) is 0 Å². The highest BCUT2D eigenvalue weighted by Crippen LogP contribution is 2.08. The summed E-state index contributed by atoms with van der Waals surface area (Å²) >= 11 is 0. The van der Waals surface area contributed by atoms with Crippen molar-refractivity contribution in [1.29, 1.82) is 5.26 Å². The zero-order chi connectivity index (χ0) is 11.4. The maximum absolute atomic E-state index is 8.69. The van der Waals surface area contributed by atoms with Crippen LogP contribution >= 0.6 is 0 Å². The van der Waals surface area contributed by atoms with E-state index in [2.05, 4.69) is 23.3 Å². The van der Waals surface area contributed by atoms with Gasteiger partial charge in [-0.15, -0.1) is 0 Å². The van der Waals surface area contributed by atoms with Gasteiger partial charge in [-0.2, -0.15) is 5.26 Å². The molecule has 0 aromatic heterocycles. The third-order valence-electron chi connectivity index (χ3n) is 3.07. The number of likely N-dealkylation sites (N-methyl/N-ethyl adjacent to an activating group) is 1. The third-order valence-corrected chi connectivity index (χ3v) is 3.07. The van der Waals surface area contributed by atoms with Crippen LogP contribution in [0.5, 0.6) is 0 Å². The van der Waals surface area contributed by atoms with Crippen molar-refractivity contribution in [2.75, 3.05) is 20.1 Å². The number of nitrogens with zero attached hydrogens (tertiary/aromatic N) is 2. The van der Waals surface area contributed by atoms with Crippen molar-refractivity contribution in [1.82, 2.24) is 10.2 Å². The lowest BCUT2D eigenvalue weighted by Gasteiger charge is -2.12. The molecular formula is C13H17N3. The quantitative estimate of drug-likeness (QED) is 0.827. The van der Waals surface area contributed by atoms with Gasteiger partial charge in [0.1, 0.15) is 0 Å². The van der Waals surface area contributed by atoms with Crippen molar-refractivity contribution in [3.8, 4) is 6.07 Å². The van der Waals surface area contributed by atoms with Crippen molar-refractivity contribution in [3.05, 3.63) is 35.4 Å². The summed E-state index contributed by atoms with van der Waals surface area (Å²) in [5, 5.41) is 12.2. The Bertz CT molecular complexity index is 377. The first-order valence-corrected chi connectivity index (χ1v) is 5.69. The number of rotatable bonds is 3. The molecule has 3 heteroatoms. The SMILES string of the molecule is CN1CCC(NCc2ccc(C#N)cc2)C1. The number of hydrogen-bond acceptors (Lipinski definition) is 3. The Morgan fingerprint density at radius 3 is 2.75 bits per heavy atom. The standard InChI is InChI=1S/C13H17N3/c1-16-7-6-13(10-16)15-9-12-4-2-11(8-14)3-5-12/h2-5,13,15H,6-7,9-10H2,1H3. The zero-order valence-corrected chi connectivity index (χ0v) is 9.61. The molecule has 1 N–H and O–H groups in total. The normalized spacial score (nSPS) is 20.9. The lowest BCUT2D eigenvalue weighted by atomic mass is 10.1. The molecule has 0 radical (unpaired) electrons. The summed E-state index contributed by atoms with van der Waals surface area (Å²) in [5.41, 5.74) is 1.97. The van der Waals surface area contributed by atoms with Crippen molar-refractivity contribution < 1.29 is 0 Å². The van der Waals surface area contributed by atoms with Crippen LogP contribution in [-0.4, -0.2) is 31.1 Å².